The highest BCUT2D eigenvalue weighted by molar-refractivity contribution is 9.10. The summed E-state index contributed by atoms with van der Waals surface area (Å²) in [5, 5.41) is 3.48. The molecule has 5 heteroatoms. The zero-order chi connectivity index (χ0) is 15.1. The highest BCUT2D eigenvalue weighted by atomic mass is 79.9. The molecule has 2 rings (SSSR count). The van der Waals surface area contributed by atoms with Gasteiger partial charge in [0.1, 0.15) is 5.75 Å². The van der Waals surface area contributed by atoms with Gasteiger partial charge in [-0.25, -0.2) is 0 Å². The predicted molar refractivity (Wildman–Crippen MR) is 87.0 cm³/mol. The summed E-state index contributed by atoms with van der Waals surface area (Å²) in [5.41, 5.74) is 1.37. The molecule has 0 radical (unpaired) electrons. The van der Waals surface area contributed by atoms with Crippen molar-refractivity contribution in [3.8, 4) is 5.75 Å². The van der Waals surface area contributed by atoms with E-state index in [4.69, 9.17) is 14.2 Å². The zero-order valence-corrected chi connectivity index (χ0v) is 14.4. The Morgan fingerprint density at radius 2 is 2.24 bits per heavy atom. The van der Waals surface area contributed by atoms with E-state index in [0.717, 1.165) is 56.0 Å². The van der Waals surface area contributed by atoms with E-state index in [1.54, 1.807) is 14.2 Å². The summed E-state index contributed by atoms with van der Waals surface area (Å²) in [6.07, 6.45) is 2.03. The number of rotatable bonds is 8. The van der Waals surface area contributed by atoms with Crippen LogP contribution in [0.3, 0.4) is 0 Å². The molecule has 1 atom stereocenters. The van der Waals surface area contributed by atoms with Crippen LogP contribution in [-0.2, 0) is 15.9 Å². The average molecular weight is 358 g/mol. The molecule has 1 aliphatic heterocycles. The Morgan fingerprint density at radius 3 is 2.90 bits per heavy atom. The molecule has 21 heavy (non-hydrogen) atoms. The maximum atomic E-state index is 5.67. The maximum Gasteiger partial charge on any atom is 0.122 e. The molecule has 1 unspecified atom stereocenters. The van der Waals surface area contributed by atoms with Gasteiger partial charge in [-0.15, -0.1) is 0 Å². The standard InChI is InChI=1S/C16H24BrNO3/c1-19-8-6-18-11-16(5-7-21-12-16)10-13-9-14(17)3-4-15(13)20-2/h3-4,9,18H,5-8,10-12H2,1-2H3. The number of nitrogens with one attached hydrogen (secondary N) is 1. The molecule has 1 aromatic carbocycles. The van der Waals surface area contributed by atoms with Crippen molar-refractivity contribution in [2.45, 2.75) is 12.8 Å². The van der Waals surface area contributed by atoms with Gasteiger partial charge in [0, 0.05) is 36.7 Å². The van der Waals surface area contributed by atoms with Gasteiger partial charge in [-0.3, -0.25) is 0 Å². The van der Waals surface area contributed by atoms with Crippen molar-refractivity contribution in [3.05, 3.63) is 28.2 Å². The van der Waals surface area contributed by atoms with Crippen LogP contribution in [0.5, 0.6) is 5.75 Å². The Bertz CT molecular complexity index is 447. The van der Waals surface area contributed by atoms with Gasteiger partial charge in [0.25, 0.3) is 0 Å². The van der Waals surface area contributed by atoms with Gasteiger partial charge >= 0.3 is 0 Å². The van der Waals surface area contributed by atoms with Crippen LogP contribution in [0.2, 0.25) is 0 Å². The van der Waals surface area contributed by atoms with Crippen LogP contribution in [0.4, 0.5) is 0 Å². The molecule has 0 bridgehead atoms. The van der Waals surface area contributed by atoms with E-state index in [-0.39, 0.29) is 5.41 Å². The second-order valence-corrected chi connectivity index (χ2v) is 6.52. The molecule has 1 aromatic rings. The van der Waals surface area contributed by atoms with Gasteiger partial charge in [0.15, 0.2) is 0 Å². The van der Waals surface area contributed by atoms with Gasteiger partial charge in [0.2, 0.25) is 0 Å². The fourth-order valence-electron chi connectivity index (χ4n) is 2.81. The second kappa shape index (κ2) is 8.13. The van der Waals surface area contributed by atoms with Crippen molar-refractivity contribution < 1.29 is 14.2 Å². The maximum absolute atomic E-state index is 5.67. The summed E-state index contributed by atoms with van der Waals surface area (Å²) in [6.45, 7) is 4.17. The number of methoxy groups -OCH3 is 2. The first-order valence-corrected chi connectivity index (χ1v) is 8.08. The third-order valence-corrected chi connectivity index (χ3v) is 4.47. The molecule has 1 aliphatic rings. The lowest BCUT2D eigenvalue weighted by molar-refractivity contribution is 0.144. The molecule has 0 amide bonds. The SMILES string of the molecule is COCCNCC1(Cc2cc(Br)ccc2OC)CCOC1. The van der Waals surface area contributed by atoms with Crippen molar-refractivity contribution in [3.63, 3.8) is 0 Å². The summed E-state index contributed by atoms with van der Waals surface area (Å²) in [4.78, 5) is 0. The first-order chi connectivity index (χ1) is 10.2. The minimum Gasteiger partial charge on any atom is -0.496 e. The summed E-state index contributed by atoms with van der Waals surface area (Å²) in [5.74, 6) is 0.946. The van der Waals surface area contributed by atoms with E-state index in [9.17, 15) is 0 Å². The van der Waals surface area contributed by atoms with Crippen LogP contribution < -0.4 is 10.1 Å². The highest BCUT2D eigenvalue weighted by Gasteiger charge is 2.35. The van der Waals surface area contributed by atoms with E-state index >= 15 is 0 Å². The highest BCUT2D eigenvalue weighted by Crippen LogP contribution is 2.36. The lowest BCUT2D eigenvalue weighted by Gasteiger charge is -2.28. The summed E-state index contributed by atoms with van der Waals surface area (Å²) in [6, 6.07) is 6.17. The van der Waals surface area contributed by atoms with E-state index in [0.29, 0.717) is 0 Å². The van der Waals surface area contributed by atoms with E-state index in [1.165, 1.54) is 5.56 Å². The Labute approximate surface area is 135 Å². The molecular formula is C16H24BrNO3. The second-order valence-electron chi connectivity index (χ2n) is 5.61. The van der Waals surface area contributed by atoms with Crippen molar-refractivity contribution in [2.24, 2.45) is 5.41 Å². The van der Waals surface area contributed by atoms with E-state index < -0.39 is 0 Å². The monoisotopic (exact) mass is 357 g/mol. The Hall–Kier alpha value is -0.620. The van der Waals surface area contributed by atoms with Crippen LogP contribution in [0.25, 0.3) is 0 Å². The van der Waals surface area contributed by atoms with Crippen LogP contribution >= 0.6 is 15.9 Å². The van der Waals surface area contributed by atoms with E-state index in [2.05, 4.69) is 27.3 Å². The summed E-state index contributed by atoms with van der Waals surface area (Å²) in [7, 11) is 3.45. The molecule has 0 spiro atoms. The third kappa shape index (κ3) is 4.68. The van der Waals surface area contributed by atoms with Crippen LogP contribution in [0.15, 0.2) is 22.7 Å². The van der Waals surface area contributed by atoms with Gasteiger partial charge in [-0.05, 0) is 36.6 Å². The number of hydrogen-bond donors (Lipinski definition) is 1. The zero-order valence-electron chi connectivity index (χ0n) is 12.8. The molecule has 1 N–H and O–H groups in total. The topological polar surface area (TPSA) is 39.7 Å². The van der Waals surface area contributed by atoms with Gasteiger partial charge in [-0.1, -0.05) is 15.9 Å². The van der Waals surface area contributed by atoms with Gasteiger partial charge in [0.05, 0.1) is 20.3 Å². The van der Waals surface area contributed by atoms with Crippen molar-refractivity contribution in [1.29, 1.82) is 0 Å². The minimum absolute atomic E-state index is 0.141. The molecule has 118 valence electrons. The molecule has 0 aliphatic carbocycles. The largest absolute Gasteiger partial charge is 0.496 e. The Morgan fingerprint density at radius 1 is 1.38 bits per heavy atom. The summed E-state index contributed by atoms with van der Waals surface area (Å²) < 4.78 is 17.3. The van der Waals surface area contributed by atoms with Crippen molar-refractivity contribution >= 4 is 15.9 Å². The van der Waals surface area contributed by atoms with Crippen molar-refractivity contribution in [2.75, 3.05) is 47.1 Å². The number of halogens is 1. The number of ether oxygens (including phenoxy) is 3. The molecule has 0 saturated carbocycles. The van der Waals surface area contributed by atoms with Crippen LogP contribution in [0.1, 0.15) is 12.0 Å². The third-order valence-electron chi connectivity index (χ3n) is 3.98. The average Bonchev–Trinajstić information content (AvgIpc) is 2.93. The fourth-order valence-corrected chi connectivity index (χ4v) is 3.22. The smallest absolute Gasteiger partial charge is 0.122 e. The fraction of sp³-hybridized carbons (Fsp3) is 0.625. The summed E-state index contributed by atoms with van der Waals surface area (Å²) >= 11 is 3.55. The quantitative estimate of drug-likeness (QED) is 0.726. The first-order valence-electron chi connectivity index (χ1n) is 7.29. The molecule has 4 nitrogen and oxygen atoms in total. The first kappa shape index (κ1) is 16.7. The molecule has 1 heterocycles. The molecule has 1 saturated heterocycles. The molecule has 1 fully saturated rings. The van der Waals surface area contributed by atoms with Gasteiger partial charge in [-0.2, -0.15) is 0 Å². The number of hydrogen-bond acceptors (Lipinski definition) is 4. The Balaban J connectivity index is 2.07. The van der Waals surface area contributed by atoms with Crippen LogP contribution in [0, 0.1) is 5.41 Å². The minimum atomic E-state index is 0.141. The number of benzene rings is 1. The normalized spacial score (nSPS) is 21.7. The van der Waals surface area contributed by atoms with Gasteiger partial charge < -0.3 is 19.5 Å². The lowest BCUT2D eigenvalue weighted by atomic mass is 9.80. The van der Waals surface area contributed by atoms with Crippen molar-refractivity contribution in [1.82, 2.24) is 5.32 Å². The van der Waals surface area contributed by atoms with E-state index in [1.807, 2.05) is 12.1 Å². The lowest BCUT2D eigenvalue weighted by Crippen LogP contribution is -2.38. The molecule has 0 aromatic heterocycles. The Kier molecular flexibility index (Phi) is 6.48. The van der Waals surface area contributed by atoms with Crippen LogP contribution in [-0.4, -0.2) is 47.1 Å². The molecular weight excluding hydrogens is 334 g/mol. The predicted octanol–water partition coefficient (Wildman–Crippen LogP) is 2.64.